The van der Waals surface area contributed by atoms with E-state index in [1.807, 2.05) is 38.2 Å². The summed E-state index contributed by atoms with van der Waals surface area (Å²) in [5.74, 6) is 0.872. The fourth-order valence-corrected chi connectivity index (χ4v) is 7.01. The van der Waals surface area contributed by atoms with Crippen LogP contribution >= 0.6 is 34.8 Å². The maximum Gasteiger partial charge on any atom is 0.243 e. The molecule has 7 nitrogen and oxygen atoms in total. The Morgan fingerprint density at radius 2 is 1.83 bits per heavy atom. The Balaban J connectivity index is 1.38. The van der Waals surface area contributed by atoms with Crippen molar-refractivity contribution in [2.75, 3.05) is 25.0 Å². The number of nitrogens with zero attached hydrogens (tertiary/aromatic N) is 4. The Hall–Kier alpha value is -2.30. The molecular formula is C24H23BCl3N5O2S. The molecule has 0 saturated carbocycles. The van der Waals surface area contributed by atoms with Crippen LogP contribution in [0.15, 0.2) is 59.6 Å². The van der Waals surface area contributed by atoms with Crippen molar-refractivity contribution in [2.24, 2.45) is 5.92 Å². The maximum absolute atomic E-state index is 13.3. The first-order chi connectivity index (χ1) is 17.2. The minimum absolute atomic E-state index is 0.104. The Labute approximate surface area is 225 Å². The summed E-state index contributed by atoms with van der Waals surface area (Å²) in [6.45, 7) is 1.42. The quantitative estimate of drug-likeness (QED) is 0.358. The van der Waals surface area contributed by atoms with E-state index in [2.05, 4.69) is 10.4 Å². The average molecular weight is 563 g/mol. The molecule has 5 rings (SSSR count). The number of halogens is 3. The highest BCUT2D eigenvalue weighted by molar-refractivity contribution is 7.89. The van der Waals surface area contributed by atoms with E-state index < -0.39 is 10.0 Å². The summed E-state index contributed by atoms with van der Waals surface area (Å²) in [6.07, 6.45) is 3.44. The third-order valence-corrected chi connectivity index (χ3v) is 8.93. The second-order valence-electron chi connectivity index (χ2n) is 8.93. The lowest BCUT2D eigenvalue weighted by Gasteiger charge is -2.32. The Kier molecular flexibility index (Phi) is 7.20. The standard InChI is InChI=1S/C24H23BCl3N5O2S/c25-20-13-30-33-23(11-22(31-24(20)33)19-5-1-2-6-21(19)28)29-12-15-4-3-7-32(14-15)36(34,35)18-9-16(26)8-17(27)10-18/h1-2,5-6,8-11,13,15,29H,3-4,7,12,14,25H2. The molecule has 1 N–H and O–H groups in total. The Bertz CT molecular complexity index is 1530. The SMILES string of the molecule is Bc1cnn2c(NCC3CCCN(S(=O)(=O)c4cc(Cl)cc(Cl)c4)C3)cc(-c3ccccc3Cl)nc12. The van der Waals surface area contributed by atoms with Crippen LogP contribution in [0.3, 0.4) is 0 Å². The minimum atomic E-state index is -3.71. The van der Waals surface area contributed by atoms with Gasteiger partial charge in [0.15, 0.2) is 5.65 Å². The van der Waals surface area contributed by atoms with Crippen LogP contribution in [0.2, 0.25) is 15.1 Å². The molecule has 1 aliphatic heterocycles. The van der Waals surface area contributed by atoms with Crippen molar-refractivity contribution in [2.45, 2.75) is 17.7 Å². The number of anilines is 1. The summed E-state index contributed by atoms with van der Waals surface area (Å²) in [7, 11) is -1.75. The first-order valence-electron chi connectivity index (χ1n) is 11.5. The Morgan fingerprint density at radius 3 is 2.58 bits per heavy atom. The number of hydrogen-bond donors (Lipinski definition) is 1. The van der Waals surface area contributed by atoms with Gasteiger partial charge in [-0.3, -0.25) is 0 Å². The zero-order valence-electron chi connectivity index (χ0n) is 19.5. The second kappa shape index (κ2) is 10.2. The van der Waals surface area contributed by atoms with E-state index in [9.17, 15) is 8.42 Å². The molecule has 0 aliphatic carbocycles. The molecule has 4 aromatic rings. The number of rotatable bonds is 6. The molecule has 12 heteroatoms. The van der Waals surface area contributed by atoms with Gasteiger partial charge in [-0.25, -0.2) is 13.4 Å². The predicted molar refractivity (Wildman–Crippen MR) is 148 cm³/mol. The highest BCUT2D eigenvalue weighted by Gasteiger charge is 2.31. The molecule has 0 spiro atoms. The van der Waals surface area contributed by atoms with E-state index in [-0.39, 0.29) is 10.8 Å². The molecular weight excluding hydrogens is 540 g/mol. The molecule has 1 aliphatic rings. The van der Waals surface area contributed by atoms with Crippen molar-refractivity contribution < 1.29 is 8.42 Å². The zero-order chi connectivity index (χ0) is 25.4. The first kappa shape index (κ1) is 25.4. The summed E-state index contributed by atoms with van der Waals surface area (Å²) in [4.78, 5) is 4.89. The van der Waals surface area contributed by atoms with Crippen LogP contribution in [-0.4, -0.2) is 54.8 Å². The van der Waals surface area contributed by atoms with Crippen molar-refractivity contribution in [3.05, 3.63) is 69.8 Å². The molecule has 0 amide bonds. The molecule has 0 radical (unpaired) electrons. The van der Waals surface area contributed by atoms with Gasteiger partial charge in [0, 0.05) is 52.5 Å². The molecule has 3 heterocycles. The van der Waals surface area contributed by atoms with Crippen LogP contribution in [0.4, 0.5) is 5.82 Å². The number of sulfonamides is 1. The molecule has 1 unspecified atom stereocenters. The number of fused-ring (bicyclic) bond motifs is 1. The summed E-state index contributed by atoms with van der Waals surface area (Å²) in [5, 5.41) is 9.16. The maximum atomic E-state index is 13.3. The van der Waals surface area contributed by atoms with Crippen LogP contribution in [0.1, 0.15) is 12.8 Å². The fourth-order valence-electron chi connectivity index (χ4n) is 4.49. The van der Waals surface area contributed by atoms with Crippen molar-refractivity contribution in [3.8, 4) is 11.3 Å². The van der Waals surface area contributed by atoms with E-state index >= 15 is 0 Å². The highest BCUT2D eigenvalue weighted by Crippen LogP contribution is 2.30. The minimum Gasteiger partial charge on any atom is -0.370 e. The predicted octanol–water partition coefficient (Wildman–Crippen LogP) is 4.13. The number of aromatic nitrogens is 3. The fraction of sp³-hybridized carbons (Fsp3) is 0.250. The Morgan fingerprint density at radius 1 is 1.08 bits per heavy atom. The molecule has 36 heavy (non-hydrogen) atoms. The van der Waals surface area contributed by atoms with Crippen LogP contribution in [0, 0.1) is 5.92 Å². The van der Waals surface area contributed by atoms with Crippen LogP contribution < -0.4 is 10.8 Å². The van der Waals surface area contributed by atoms with Crippen molar-refractivity contribution in [3.63, 3.8) is 0 Å². The second-order valence-corrected chi connectivity index (χ2v) is 12.1. The van der Waals surface area contributed by atoms with Crippen LogP contribution in [0.5, 0.6) is 0 Å². The monoisotopic (exact) mass is 561 g/mol. The van der Waals surface area contributed by atoms with E-state index in [4.69, 9.17) is 39.8 Å². The summed E-state index contributed by atoms with van der Waals surface area (Å²) < 4.78 is 29.8. The van der Waals surface area contributed by atoms with Gasteiger partial charge in [-0.15, -0.1) is 0 Å². The van der Waals surface area contributed by atoms with Gasteiger partial charge in [-0.2, -0.15) is 13.9 Å². The highest BCUT2D eigenvalue weighted by atomic mass is 35.5. The van der Waals surface area contributed by atoms with Gasteiger partial charge < -0.3 is 5.32 Å². The number of piperidine rings is 1. The summed E-state index contributed by atoms with van der Waals surface area (Å²) in [6, 6.07) is 13.9. The molecule has 1 atom stereocenters. The summed E-state index contributed by atoms with van der Waals surface area (Å²) >= 11 is 18.6. The zero-order valence-corrected chi connectivity index (χ0v) is 22.5. The average Bonchev–Trinajstić information content (AvgIpc) is 3.23. The van der Waals surface area contributed by atoms with Crippen LogP contribution in [0.25, 0.3) is 16.9 Å². The third-order valence-electron chi connectivity index (χ3n) is 6.33. The van der Waals surface area contributed by atoms with Gasteiger partial charge in [0.2, 0.25) is 10.0 Å². The normalized spacial score (nSPS) is 16.9. The van der Waals surface area contributed by atoms with E-state index in [0.29, 0.717) is 34.7 Å². The van der Waals surface area contributed by atoms with Gasteiger partial charge in [-0.05, 0) is 48.5 Å². The van der Waals surface area contributed by atoms with Crippen molar-refractivity contribution in [1.82, 2.24) is 18.9 Å². The van der Waals surface area contributed by atoms with E-state index in [1.54, 1.807) is 10.7 Å². The summed E-state index contributed by atoms with van der Waals surface area (Å²) in [5.41, 5.74) is 3.26. The molecule has 2 aromatic heterocycles. The molecule has 2 aromatic carbocycles. The van der Waals surface area contributed by atoms with Gasteiger partial charge in [0.1, 0.15) is 13.7 Å². The lowest BCUT2D eigenvalue weighted by molar-refractivity contribution is 0.275. The van der Waals surface area contributed by atoms with Crippen molar-refractivity contribution >= 4 is 69.6 Å². The molecule has 0 bridgehead atoms. The van der Waals surface area contributed by atoms with Gasteiger partial charge in [0.05, 0.1) is 10.6 Å². The number of benzene rings is 2. The van der Waals surface area contributed by atoms with Gasteiger partial charge >= 0.3 is 0 Å². The van der Waals surface area contributed by atoms with Gasteiger partial charge in [-0.1, -0.05) is 53.0 Å². The lowest BCUT2D eigenvalue weighted by atomic mass is 9.99. The smallest absolute Gasteiger partial charge is 0.243 e. The lowest BCUT2D eigenvalue weighted by Crippen LogP contribution is -2.41. The largest absolute Gasteiger partial charge is 0.370 e. The van der Waals surface area contributed by atoms with E-state index in [0.717, 1.165) is 41.0 Å². The van der Waals surface area contributed by atoms with Crippen molar-refractivity contribution in [1.29, 1.82) is 0 Å². The topological polar surface area (TPSA) is 79.6 Å². The number of hydrogen-bond acceptors (Lipinski definition) is 5. The van der Waals surface area contributed by atoms with E-state index in [1.165, 1.54) is 22.5 Å². The van der Waals surface area contributed by atoms with Gasteiger partial charge in [0.25, 0.3) is 0 Å². The molecule has 1 saturated heterocycles. The van der Waals surface area contributed by atoms with Crippen LogP contribution in [-0.2, 0) is 10.0 Å². The molecule has 1 fully saturated rings. The first-order valence-corrected chi connectivity index (χ1v) is 14.1. The third kappa shape index (κ3) is 5.08. The molecule has 186 valence electrons. The number of nitrogens with one attached hydrogen (secondary N) is 1.